The van der Waals surface area contributed by atoms with Gasteiger partial charge in [0.15, 0.2) is 0 Å². The third kappa shape index (κ3) is 6.11. The summed E-state index contributed by atoms with van der Waals surface area (Å²) in [5.41, 5.74) is -0.779. The fraction of sp³-hybridized carbons (Fsp3) is 0.700. The quantitative estimate of drug-likeness (QED) is 0.761. The number of hydrogen-bond acceptors (Lipinski definition) is 3. The Balaban J connectivity index is 1.36. The molecule has 2 aliphatic carbocycles. The highest BCUT2D eigenvalue weighted by Gasteiger charge is 2.31. The Hall–Kier alpha value is -1.79. The number of pyridine rings is 1. The molecular weight excluding hydrogens is 357 g/mol. The Labute approximate surface area is 157 Å². The first kappa shape index (κ1) is 20.0. The second-order valence-electron chi connectivity index (χ2n) is 7.73. The third-order valence-electron chi connectivity index (χ3n) is 5.64. The fourth-order valence-electron chi connectivity index (χ4n) is 4.05. The first-order valence-corrected chi connectivity index (χ1v) is 9.89. The summed E-state index contributed by atoms with van der Waals surface area (Å²) in [6.07, 6.45) is 6.20. The lowest BCUT2D eigenvalue weighted by atomic mass is 9.92. The number of nitrogens with one attached hydrogen (secondary N) is 1. The molecular formula is C20H27F3N2O2. The minimum absolute atomic E-state index is 0.0686. The van der Waals surface area contributed by atoms with Crippen molar-refractivity contribution in [1.82, 2.24) is 10.3 Å². The average molecular weight is 384 g/mol. The van der Waals surface area contributed by atoms with Crippen LogP contribution in [0.25, 0.3) is 0 Å². The maximum absolute atomic E-state index is 12.6. The molecule has 0 aliphatic heterocycles. The smallest absolute Gasteiger partial charge is 0.417 e. The van der Waals surface area contributed by atoms with E-state index in [4.69, 9.17) is 4.74 Å². The van der Waals surface area contributed by atoms with Crippen molar-refractivity contribution in [3.8, 4) is 5.88 Å². The minimum atomic E-state index is -4.39. The van der Waals surface area contributed by atoms with Gasteiger partial charge in [-0.25, -0.2) is 4.98 Å². The summed E-state index contributed by atoms with van der Waals surface area (Å²) < 4.78 is 43.4. The molecule has 0 bridgehead atoms. The van der Waals surface area contributed by atoms with Gasteiger partial charge >= 0.3 is 6.18 Å². The van der Waals surface area contributed by atoms with Crippen LogP contribution >= 0.6 is 0 Å². The van der Waals surface area contributed by atoms with Crippen LogP contribution < -0.4 is 10.1 Å². The molecule has 4 nitrogen and oxygen atoms in total. The molecule has 1 heterocycles. The van der Waals surface area contributed by atoms with E-state index in [1.54, 1.807) is 0 Å². The summed E-state index contributed by atoms with van der Waals surface area (Å²) in [4.78, 5) is 15.9. The van der Waals surface area contributed by atoms with Gasteiger partial charge < -0.3 is 10.1 Å². The molecule has 3 rings (SSSR count). The van der Waals surface area contributed by atoms with Gasteiger partial charge in [-0.3, -0.25) is 4.79 Å². The van der Waals surface area contributed by atoms with Crippen molar-refractivity contribution in [3.05, 3.63) is 23.9 Å². The molecule has 2 saturated carbocycles. The van der Waals surface area contributed by atoms with Gasteiger partial charge in [0.25, 0.3) is 0 Å². The molecule has 0 aromatic carbocycles. The molecule has 2 fully saturated rings. The zero-order valence-corrected chi connectivity index (χ0v) is 15.4. The number of alkyl halides is 3. The van der Waals surface area contributed by atoms with Crippen LogP contribution in [0.3, 0.4) is 0 Å². The molecule has 0 spiro atoms. The van der Waals surface area contributed by atoms with E-state index in [0.717, 1.165) is 50.3 Å². The van der Waals surface area contributed by atoms with Crippen molar-refractivity contribution in [1.29, 1.82) is 0 Å². The van der Waals surface area contributed by atoms with Crippen LogP contribution in [0.1, 0.15) is 69.8 Å². The predicted octanol–water partition coefficient (Wildman–Crippen LogP) is 4.88. The molecule has 1 N–H and O–H groups in total. The van der Waals surface area contributed by atoms with E-state index in [0.29, 0.717) is 6.42 Å². The molecule has 2 aliphatic rings. The summed E-state index contributed by atoms with van der Waals surface area (Å²) in [6.45, 7) is 0. The number of halogens is 3. The zero-order chi connectivity index (χ0) is 19.3. The van der Waals surface area contributed by atoms with Crippen molar-refractivity contribution in [3.63, 3.8) is 0 Å². The van der Waals surface area contributed by atoms with E-state index in [9.17, 15) is 18.0 Å². The first-order chi connectivity index (χ1) is 12.9. The fourth-order valence-corrected chi connectivity index (χ4v) is 4.05. The number of carbonyl (C=O) groups excluding carboxylic acids is 1. The highest BCUT2D eigenvalue weighted by molar-refractivity contribution is 5.76. The van der Waals surface area contributed by atoms with Crippen molar-refractivity contribution in [2.75, 3.05) is 0 Å². The normalized spacial score (nSPS) is 24.0. The van der Waals surface area contributed by atoms with E-state index in [1.807, 2.05) is 0 Å². The summed E-state index contributed by atoms with van der Waals surface area (Å²) in [5, 5.41) is 3.12. The maximum Gasteiger partial charge on any atom is 0.417 e. The van der Waals surface area contributed by atoms with Gasteiger partial charge in [0.1, 0.15) is 6.10 Å². The van der Waals surface area contributed by atoms with Crippen LogP contribution in [0, 0.1) is 5.92 Å². The second kappa shape index (κ2) is 8.93. The molecule has 7 heteroatoms. The van der Waals surface area contributed by atoms with Crippen LogP contribution in [-0.2, 0) is 11.0 Å². The van der Waals surface area contributed by atoms with Gasteiger partial charge in [0.2, 0.25) is 11.8 Å². The zero-order valence-electron chi connectivity index (χ0n) is 15.4. The van der Waals surface area contributed by atoms with Crippen LogP contribution in [0.15, 0.2) is 18.3 Å². The highest BCUT2D eigenvalue weighted by Crippen LogP contribution is 2.30. The summed E-state index contributed by atoms with van der Waals surface area (Å²) in [6, 6.07) is 2.42. The second-order valence-corrected chi connectivity index (χ2v) is 7.73. The van der Waals surface area contributed by atoms with Crippen LogP contribution in [0.2, 0.25) is 0 Å². The highest BCUT2D eigenvalue weighted by atomic mass is 19.4. The predicted molar refractivity (Wildman–Crippen MR) is 95.2 cm³/mol. The van der Waals surface area contributed by atoms with Gasteiger partial charge in [0, 0.05) is 24.7 Å². The number of aromatic nitrogens is 1. The molecule has 0 radical (unpaired) electrons. The number of amides is 1. The number of ether oxygens (including phenoxy) is 1. The van der Waals surface area contributed by atoms with E-state index in [1.165, 1.54) is 31.7 Å². The Morgan fingerprint density at radius 3 is 2.41 bits per heavy atom. The average Bonchev–Trinajstić information content (AvgIpc) is 3.15. The topological polar surface area (TPSA) is 51.2 Å². The lowest BCUT2D eigenvalue weighted by molar-refractivity contribution is -0.137. The van der Waals surface area contributed by atoms with Crippen molar-refractivity contribution >= 4 is 5.91 Å². The Bertz CT molecular complexity index is 605. The van der Waals surface area contributed by atoms with E-state index >= 15 is 0 Å². The number of nitrogens with zero attached hydrogens (tertiary/aromatic N) is 1. The molecule has 1 amide bonds. The first-order valence-electron chi connectivity index (χ1n) is 9.89. The number of carbonyl (C=O) groups is 1. The SMILES string of the molecule is O=C(CCC1CCCC1)NC1CCC(Oc2ccc(C(F)(F)F)cn2)CC1. The molecule has 1 aromatic rings. The molecule has 1 aromatic heterocycles. The summed E-state index contributed by atoms with van der Waals surface area (Å²) in [5.74, 6) is 1.07. The van der Waals surface area contributed by atoms with Crippen LogP contribution in [-0.4, -0.2) is 23.0 Å². The Morgan fingerprint density at radius 2 is 1.81 bits per heavy atom. The largest absolute Gasteiger partial charge is 0.474 e. The lowest BCUT2D eigenvalue weighted by Crippen LogP contribution is -2.39. The summed E-state index contributed by atoms with van der Waals surface area (Å²) >= 11 is 0. The van der Waals surface area contributed by atoms with Crippen molar-refractivity contribution in [2.24, 2.45) is 5.92 Å². The molecule has 0 unspecified atom stereocenters. The van der Waals surface area contributed by atoms with E-state index in [-0.39, 0.29) is 23.9 Å². The van der Waals surface area contributed by atoms with Crippen LogP contribution in [0.4, 0.5) is 13.2 Å². The van der Waals surface area contributed by atoms with Gasteiger partial charge in [-0.1, -0.05) is 25.7 Å². The van der Waals surface area contributed by atoms with Crippen molar-refractivity contribution in [2.45, 2.75) is 82.5 Å². The molecule has 0 saturated heterocycles. The van der Waals surface area contributed by atoms with E-state index in [2.05, 4.69) is 10.3 Å². The number of rotatable bonds is 6. The van der Waals surface area contributed by atoms with Gasteiger partial charge in [-0.2, -0.15) is 13.2 Å². The van der Waals surface area contributed by atoms with Gasteiger partial charge in [-0.05, 0) is 44.1 Å². The van der Waals surface area contributed by atoms with Crippen molar-refractivity contribution < 1.29 is 22.7 Å². The molecule has 0 atom stereocenters. The molecule has 27 heavy (non-hydrogen) atoms. The van der Waals surface area contributed by atoms with E-state index < -0.39 is 11.7 Å². The Kier molecular flexibility index (Phi) is 6.60. The lowest BCUT2D eigenvalue weighted by Gasteiger charge is -2.29. The summed E-state index contributed by atoms with van der Waals surface area (Å²) in [7, 11) is 0. The van der Waals surface area contributed by atoms with Crippen LogP contribution in [0.5, 0.6) is 5.88 Å². The Morgan fingerprint density at radius 1 is 1.11 bits per heavy atom. The maximum atomic E-state index is 12.6. The van der Waals surface area contributed by atoms with Gasteiger partial charge in [-0.15, -0.1) is 0 Å². The standard InChI is InChI=1S/C20H27F3N2O2/c21-20(22,23)15-6-12-19(24-13-15)27-17-9-7-16(8-10-17)25-18(26)11-5-14-3-1-2-4-14/h6,12-14,16-17H,1-5,7-11H2,(H,25,26). The van der Waals surface area contributed by atoms with Gasteiger partial charge in [0.05, 0.1) is 5.56 Å². The monoisotopic (exact) mass is 384 g/mol. The minimum Gasteiger partial charge on any atom is -0.474 e. The molecule has 150 valence electrons. The number of hydrogen-bond donors (Lipinski definition) is 1. The third-order valence-corrected chi connectivity index (χ3v) is 5.64.